The van der Waals surface area contributed by atoms with Crippen molar-refractivity contribution >= 4 is 22.9 Å². The summed E-state index contributed by atoms with van der Waals surface area (Å²) in [5, 5.41) is 5.42. The number of hydrogen-bond donors (Lipinski definition) is 1. The molecule has 3 nitrogen and oxygen atoms in total. The first kappa shape index (κ1) is 31.3. The van der Waals surface area contributed by atoms with E-state index in [1.807, 2.05) is 0 Å². The van der Waals surface area contributed by atoms with Crippen LogP contribution in [0.25, 0.3) is 10.4 Å². The van der Waals surface area contributed by atoms with Crippen molar-refractivity contribution in [2.45, 2.75) is 128 Å². The number of benzene rings is 1. The summed E-state index contributed by atoms with van der Waals surface area (Å²) in [6.45, 7) is 3.26. The van der Waals surface area contributed by atoms with Gasteiger partial charge in [0, 0.05) is 17.1 Å². The van der Waals surface area contributed by atoms with Gasteiger partial charge >= 0.3 is 0 Å². The van der Waals surface area contributed by atoms with E-state index in [1.54, 1.807) is 11.3 Å². The molecule has 1 N–H and O–H groups in total. The largest absolute Gasteiger partial charge is 0.326 e. The molecule has 3 unspecified atom stereocenters. The van der Waals surface area contributed by atoms with Crippen molar-refractivity contribution in [3.8, 4) is 10.4 Å². The molecule has 2 bridgehead atoms. The fourth-order valence-electron chi connectivity index (χ4n) is 6.88. The number of amides is 1. The van der Waals surface area contributed by atoms with Crippen LogP contribution in [0.2, 0.25) is 0 Å². The molecule has 0 saturated carbocycles. The predicted octanol–water partition coefficient (Wildman–Crippen LogP) is 10.7. The first-order valence-corrected chi connectivity index (χ1v) is 17.8. The third-order valence-corrected chi connectivity index (χ3v) is 10.4. The van der Waals surface area contributed by atoms with E-state index in [2.05, 4.69) is 52.0 Å². The van der Waals surface area contributed by atoms with Crippen LogP contribution in [0.5, 0.6) is 0 Å². The molecular formula is C36H56N2OS. The number of anilines is 1. The second kappa shape index (κ2) is 18.7. The molecule has 3 aliphatic rings. The molecule has 0 radical (unpaired) electrons. The lowest BCUT2D eigenvalue weighted by atomic mass is 9.81. The molecule has 4 heterocycles. The molecule has 40 heavy (non-hydrogen) atoms. The van der Waals surface area contributed by atoms with E-state index in [0.717, 1.165) is 18.8 Å². The Morgan fingerprint density at radius 1 is 0.650 bits per heavy atom. The number of carbonyl (C=O) groups excluding carboxylic acids is 1. The van der Waals surface area contributed by atoms with Crippen LogP contribution < -0.4 is 5.32 Å². The second-order valence-electron chi connectivity index (χ2n) is 12.7. The van der Waals surface area contributed by atoms with Gasteiger partial charge in [-0.2, -0.15) is 0 Å². The molecule has 1 aromatic carbocycles. The van der Waals surface area contributed by atoms with E-state index in [-0.39, 0.29) is 11.8 Å². The Labute approximate surface area is 249 Å². The van der Waals surface area contributed by atoms with Crippen molar-refractivity contribution in [2.24, 2.45) is 11.8 Å². The third-order valence-electron chi connectivity index (χ3n) is 9.43. The first-order chi connectivity index (χ1) is 19.8. The molecular weight excluding hydrogens is 508 g/mol. The van der Waals surface area contributed by atoms with Gasteiger partial charge in [0.05, 0.1) is 5.92 Å². The number of fused-ring (bicyclic) bond motifs is 21. The lowest BCUT2D eigenvalue weighted by Gasteiger charge is -2.38. The smallest absolute Gasteiger partial charge is 0.229 e. The Kier molecular flexibility index (Phi) is 14.6. The molecule has 3 aliphatic heterocycles. The summed E-state index contributed by atoms with van der Waals surface area (Å²) in [5.74, 6) is 0.864. The highest BCUT2D eigenvalue weighted by molar-refractivity contribution is 7.13. The molecule has 3 fully saturated rings. The molecule has 4 heteroatoms. The van der Waals surface area contributed by atoms with Crippen LogP contribution in [0.3, 0.4) is 0 Å². The van der Waals surface area contributed by atoms with Gasteiger partial charge in [0.25, 0.3) is 0 Å². The van der Waals surface area contributed by atoms with Gasteiger partial charge in [-0.15, -0.1) is 11.3 Å². The molecule has 1 aromatic heterocycles. The molecule has 222 valence electrons. The summed E-state index contributed by atoms with van der Waals surface area (Å²) in [6.07, 6.45) is 27.5. The highest BCUT2D eigenvalue weighted by Gasteiger charge is 2.33. The number of thiophene rings is 1. The average Bonchev–Trinajstić information content (AvgIpc) is 3.52. The fraction of sp³-hybridized carbons (Fsp3) is 0.694. The number of carbonyl (C=O) groups is 1. The minimum absolute atomic E-state index is 0.108. The standard InChI is InChI=1S/C36H56N2OS/c39-36(37-33-24-22-32(23-25-33)35-21-19-29-40-35)34-30-38-27-18-16-14-12-10-8-6-4-2-1-3-5-7-9-11-13-15-17-20-31(34)26-28-38/h19,21-25,29,31,34H,1-18,20,26-28,30H2,(H,37,39). The molecule has 0 spiro atoms. The van der Waals surface area contributed by atoms with Gasteiger partial charge in [-0.05, 0) is 67.4 Å². The maximum absolute atomic E-state index is 13.6. The Bertz CT molecular complexity index is 921. The average molecular weight is 565 g/mol. The third kappa shape index (κ3) is 11.3. The van der Waals surface area contributed by atoms with Crippen molar-refractivity contribution in [1.82, 2.24) is 4.90 Å². The lowest BCUT2D eigenvalue weighted by Crippen LogP contribution is -2.46. The van der Waals surface area contributed by atoms with Gasteiger partial charge in [-0.3, -0.25) is 4.79 Å². The SMILES string of the molecule is O=C(Nc1ccc(-c2cccs2)cc1)C1CN2CCCCCCCCCCCCCCCCCCCCC1CC2. The van der Waals surface area contributed by atoms with Gasteiger partial charge in [0.2, 0.25) is 5.91 Å². The second-order valence-corrected chi connectivity index (χ2v) is 13.6. The molecule has 3 saturated heterocycles. The number of nitrogens with zero attached hydrogens (tertiary/aromatic N) is 1. The van der Waals surface area contributed by atoms with Gasteiger partial charge < -0.3 is 10.2 Å². The van der Waals surface area contributed by atoms with Gasteiger partial charge in [-0.25, -0.2) is 0 Å². The van der Waals surface area contributed by atoms with Crippen molar-refractivity contribution in [3.63, 3.8) is 0 Å². The van der Waals surface area contributed by atoms with Crippen LogP contribution in [0.15, 0.2) is 41.8 Å². The number of nitrogens with one attached hydrogen (secondary N) is 1. The van der Waals surface area contributed by atoms with E-state index in [1.165, 1.54) is 145 Å². The number of hydrogen-bond acceptors (Lipinski definition) is 3. The van der Waals surface area contributed by atoms with E-state index in [0.29, 0.717) is 5.92 Å². The zero-order chi connectivity index (χ0) is 27.7. The topological polar surface area (TPSA) is 32.3 Å². The summed E-state index contributed by atoms with van der Waals surface area (Å²) < 4.78 is 0. The van der Waals surface area contributed by atoms with Crippen molar-refractivity contribution in [2.75, 3.05) is 25.0 Å². The monoisotopic (exact) mass is 564 g/mol. The van der Waals surface area contributed by atoms with E-state index in [9.17, 15) is 4.79 Å². The van der Waals surface area contributed by atoms with Gasteiger partial charge in [0.1, 0.15) is 0 Å². The summed E-state index contributed by atoms with van der Waals surface area (Å²) in [5.41, 5.74) is 2.15. The minimum atomic E-state index is 0.108. The maximum Gasteiger partial charge on any atom is 0.229 e. The van der Waals surface area contributed by atoms with Crippen LogP contribution in [-0.2, 0) is 4.79 Å². The normalized spacial score (nSPS) is 25.6. The van der Waals surface area contributed by atoms with Crippen molar-refractivity contribution in [3.05, 3.63) is 41.8 Å². The Balaban J connectivity index is 1.29. The van der Waals surface area contributed by atoms with Crippen molar-refractivity contribution in [1.29, 1.82) is 0 Å². The Morgan fingerprint density at radius 2 is 1.20 bits per heavy atom. The molecule has 3 atom stereocenters. The van der Waals surface area contributed by atoms with E-state index >= 15 is 0 Å². The van der Waals surface area contributed by atoms with Crippen molar-refractivity contribution < 1.29 is 4.79 Å². The fourth-order valence-corrected chi connectivity index (χ4v) is 7.61. The number of piperidine rings is 1. The first-order valence-electron chi connectivity index (χ1n) is 17.0. The lowest BCUT2D eigenvalue weighted by molar-refractivity contribution is -0.123. The Morgan fingerprint density at radius 3 is 1.75 bits per heavy atom. The highest BCUT2D eigenvalue weighted by atomic mass is 32.1. The molecule has 5 rings (SSSR count). The molecule has 1 amide bonds. The van der Waals surface area contributed by atoms with E-state index < -0.39 is 0 Å². The van der Waals surface area contributed by atoms with Crippen LogP contribution in [0.1, 0.15) is 128 Å². The zero-order valence-corrected chi connectivity index (χ0v) is 26.0. The zero-order valence-electron chi connectivity index (χ0n) is 25.2. The maximum atomic E-state index is 13.6. The summed E-state index contributed by atoms with van der Waals surface area (Å²) in [4.78, 5) is 17.5. The predicted molar refractivity (Wildman–Crippen MR) is 174 cm³/mol. The van der Waals surface area contributed by atoms with Crippen LogP contribution in [0.4, 0.5) is 5.69 Å². The summed E-state index contributed by atoms with van der Waals surface area (Å²) in [6, 6.07) is 12.7. The summed E-state index contributed by atoms with van der Waals surface area (Å²) >= 11 is 1.76. The minimum Gasteiger partial charge on any atom is -0.326 e. The highest BCUT2D eigenvalue weighted by Crippen LogP contribution is 2.31. The van der Waals surface area contributed by atoms with Crippen LogP contribution in [-0.4, -0.2) is 30.4 Å². The quantitative estimate of drug-likeness (QED) is 0.402. The molecule has 0 aliphatic carbocycles. The number of rotatable bonds is 3. The van der Waals surface area contributed by atoms with Gasteiger partial charge in [0.15, 0.2) is 0 Å². The van der Waals surface area contributed by atoms with E-state index in [4.69, 9.17) is 0 Å². The molecule has 2 aromatic rings. The summed E-state index contributed by atoms with van der Waals surface area (Å²) in [7, 11) is 0. The van der Waals surface area contributed by atoms with Crippen LogP contribution >= 0.6 is 11.3 Å². The van der Waals surface area contributed by atoms with Crippen LogP contribution in [0, 0.1) is 11.8 Å². The Hall–Kier alpha value is -1.65. The van der Waals surface area contributed by atoms with Gasteiger partial charge in [-0.1, -0.05) is 127 Å².